The van der Waals surface area contributed by atoms with Crippen LogP contribution in [-0.4, -0.2) is 38.9 Å². The van der Waals surface area contributed by atoms with E-state index < -0.39 is 5.97 Å². The average Bonchev–Trinajstić information content (AvgIpc) is 2.80. The number of nitrogens with two attached hydrogens (primary N) is 1. The Balaban J connectivity index is 2.03. The number of methoxy groups -OCH3 is 1. The van der Waals surface area contributed by atoms with Crippen molar-refractivity contribution in [1.82, 2.24) is 19.7 Å². The van der Waals surface area contributed by atoms with Crippen molar-refractivity contribution in [2.75, 3.05) is 18.2 Å². The summed E-state index contributed by atoms with van der Waals surface area (Å²) in [5, 5.41) is 7.58. The lowest BCUT2D eigenvalue weighted by atomic mass is 9.93. The van der Waals surface area contributed by atoms with E-state index >= 15 is 0 Å². The highest BCUT2D eigenvalue weighted by Gasteiger charge is 2.27. The second-order valence-corrected chi connectivity index (χ2v) is 4.85. The number of nitrogen functional groups attached to an aromatic ring is 1. The van der Waals surface area contributed by atoms with Crippen LogP contribution in [0.4, 0.5) is 11.6 Å². The van der Waals surface area contributed by atoms with Crippen LogP contribution in [0.15, 0.2) is 18.6 Å². The van der Waals surface area contributed by atoms with Gasteiger partial charge in [0.1, 0.15) is 11.4 Å². The smallest absolute Gasteiger partial charge is 0.345 e. The second kappa shape index (κ2) is 5.39. The van der Waals surface area contributed by atoms with Crippen LogP contribution in [-0.2, 0) is 4.74 Å². The highest BCUT2D eigenvalue weighted by Crippen LogP contribution is 2.29. The molecule has 0 aromatic carbocycles. The van der Waals surface area contributed by atoms with Gasteiger partial charge in [0.15, 0.2) is 11.6 Å². The van der Waals surface area contributed by atoms with E-state index in [9.17, 15) is 4.79 Å². The number of carbonyl (C=O) groups excluding carboxylic acids is 1. The van der Waals surface area contributed by atoms with Crippen molar-refractivity contribution in [1.29, 1.82) is 0 Å². The normalized spacial score (nSPS) is 14.5. The number of hydrogen-bond donors (Lipinski definition) is 2. The maximum Gasteiger partial charge on any atom is 0.345 e. The van der Waals surface area contributed by atoms with Gasteiger partial charge in [-0.25, -0.2) is 9.78 Å². The largest absolute Gasteiger partial charge is 0.465 e. The first-order valence-corrected chi connectivity index (χ1v) is 6.70. The number of rotatable bonds is 4. The molecular formula is C13H16N6O2. The van der Waals surface area contributed by atoms with Crippen molar-refractivity contribution < 1.29 is 9.53 Å². The molecule has 0 saturated heterocycles. The molecule has 0 atom stereocenters. The van der Waals surface area contributed by atoms with Crippen LogP contribution >= 0.6 is 0 Å². The van der Waals surface area contributed by atoms with Gasteiger partial charge in [-0.15, -0.1) is 5.10 Å². The third kappa shape index (κ3) is 2.39. The van der Waals surface area contributed by atoms with Crippen LogP contribution in [0, 0.1) is 0 Å². The summed E-state index contributed by atoms with van der Waals surface area (Å²) < 4.78 is 6.18. The second-order valence-electron chi connectivity index (χ2n) is 4.85. The fourth-order valence-corrected chi connectivity index (χ4v) is 2.16. The highest BCUT2D eigenvalue weighted by atomic mass is 16.5. The number of esters is 1. The Bertz CT molecular complexity index is 650. The minimum Gasteiger partial charge on any atom is -0.465 e. The van der Waals surface area contributed by atoms with Crippen LogP contribution in [0.2, 0.25) is 0 Å². The molecule has 110 valence electrons. The summed E-state index contributed by atoms with van der Waals surface area (Å²) in [7, 11) is 1.31. The Labute approximate surface area is 121 Å². The Morgan fingerprint density at radius 2 is 2.29 bits per heavy atom. The molecule has 0 amide bonds. The average molecular weight is 288 g/mol. The van der Waals surface area contributed by atoms with Crippen LogP contribution in [0.3, 0.4) is 0 Å². The molecule has 1 saturated carbocycles. The van der Waals surface area contributed by atoms with Gasteiger partial charge in [-0.2, -0.15) is 4.68 Å². The zero-order valence-corrected chi connectivity index (χ0v) is 11.6. The van der Waals surface area contributed by atoms with Crippen LogP contribution < -0.4 is 11.1 Å². The standard InChI is InChI=1S/C13H16N6O2/c1-21-13(20)10-11(14)19(9-7-15-5-6-16-9)18-12(10)17-8-3-2-4-8/h5-8H,2-4,14H2,1H3,(H,17,18). The zero-order chi connectivity index (χ0) is 14.8. The topological polar surface area (TPSA) is 108 Å². The summed E-state index contributed by atoms with van der Waals surface area (Å²) in [6.07, 6.45) is 7.89. The molecule has 1 aliphatic rings. The maximum absolute atomic E-state index is 12.0. The molecule has 1 aliphatic carbocycles. The van der Waals surface area contributed by atoms with Crippen molar-refractivity contribution in [2.24, 2.45) is 0 Å². The molecule has 0 aliphatic heterocycles. The van der Waals surface area contributed by atoms with E-state index in [1.807, 2.05) is 0 Å². The summed E-state index contributed by atoms with van der Waals surface area (Å²) in [4.78, 5) is 20.1. The van der Waals surface area contributed by atoms with E-state index in [0.29, 0.717) is 17.7 Å². The molecule has 2 heterocycles. The Morgan fingerprint density at radius 1 is 1.48 bits per heavy atom. The molecule has 21 heavy (non-hydrogen) atoms. The third-order valence-corrected chi connectivity index (χ3v) is 3.52. The zero-order valence-electron chi connectivity index (χ0n) is 11.6. The quantitative estimate of drug-likeness (QED) is 0.808. The number of carbonyl (C=O) groups is 1. The predicted octanol–water partition coefficient (Wildman–Crippen LogP) is 0.995. The van der Waals surface area contributed by atoms with E-state index in [4.69, 9.17) is 10.5 Å². The number of ether oxygens (including phenoxy) is 1. The van der Waals surface area contributed by atoms with Gasteiger partial charge in [0, 0.05) is 18.4 Å². The Kier molecular flexibility index (Phi) is 3.43. The van der Waals surface area contributed by atoms with Gasteiger partial charge >= 0.3 is 5.97 Å². The number of anilines is 2. The van der Waals surface area contributed by atoms with E-state index in [2.05, 4.69) is 20.4 Å². The number of aromatic nitrogens is 4. The summed E-state index contributed by atoms with van der Waals surface area (Å²) in [5.74, 6) is 0.533. The lowest BCUT2D eigenvalue weighted by Gasteiger charge is -2.26. The molecule has 8 nitrogen and oxygen atoms in total. The summed E-state index contributed by atoms with van der Waals surface area (Å²) in [6.45, 7) is 0. The van der Waals surface area contributed by atoms with Gasteiger partial charge < -0.3 is 15.8 Å². The van der Waals surface area contributed by atoms with Crippen molar-refractivity contribution in [3.05, 3.63) is 24.2 Å². The van der Waals surface area contributed by atoms with Gasteiger partial charge in [-0.3, -0.25) is 4.98 Å². The Hall–Kier alpha value is -2.64. The van der Waals surface area contributed by atoms with Gasteiger partial charge in [0.05, 0.1) is 13.3 Å². The predicted molar refractivity (Wildman–Crippen MR) is 76.2 cm³/mol. The van der Waals surface area contributed by atoms with Crippen molar-refractivity contribution >= 4 is 17.6 Å². The first-order chi connectivity index (χ1) is 10.2. The number of nitrogens with one attached hydrogen (secondary N) is 1. The Morgan fingerprint density at radius 3 is 2.86 bits per heavy atom. The summed E-state index contributed by atoms with van der Waals surface area (Å²) in [5.41, 5.74) is 6.27. The van der Waals surface area contributed by atoms with Gasteiger partial charge in [-0.1, -0.05) is 0 Å². The SMILES string of the molecule is COC(=O)c1c(NC2CCC2)nn(-c2cnccn2)c1N. The van der Waals surface area contributed by atoms with E-state index in [1.54, 1.807) is 6.20 Å². The molecular weight excluding hydrogens is 272 g/mol. The highest BCUT2D eigenvalue weighted by molar-refractivity contribution is 5.99. The van der Waals surface area contributed by atoms with Crippen molar-refractivity contribution in [3.8, 4) is 5.82 Å². The molecule has 0 radical (unpaired) electrons. The van der Waals surface area contributed by atoms with Gasteiger partial charge in [0.25, 0.3) is 0 Å². The molecule has 0 unspecified atom stereocenters. The minimum absolute atomic E-state index is 0.184. The molecule has 0 bridgehead atoms. The lowest BCUT2D eigenvalue weighted by molar-refractivity contribution is 0.0603. The summed E-state index contributed by atoms with van der Waals surface area (Å²) >= 11 is 0. The monoisotopic (exact) mass is 288 g/mol. The number of hydrogen-bond acceptors (Lipinski definition) is 7. The molecule has 3 rings (SSSR count). The van der Waals surface area contributed by atoms with Crippen LogP contribution in [0.5, 0.6) is 0 Å². The number of nitrogens with zero attached hydrogens (tertiary/aromatic N) is 4. The molecule has 1 fully saturated rings. The molecule has 2 aromatic rings. The molecule has 8 heteroatoms. The third-order valence-electron chi connectivity index (χ3n) is 3.52. The van der Waals surface area contributed by atoms with Crippen molar-refractivity contribution in [3.63, 3.8) is 0 Å². The fourth-order valence-electron chi connectivity index (χ4n) is 2.16. The van der Waals surface area contributed by atoms with E-state index in [-0.39, 0.29) is 11.4 Å². The fraction of sp³-hybridized carbons (Fsp3) is 0.385. The molecule has 3 N–H and O–H groups in total. The van der Waals surface area contributed by atoms with Crippen LogP contribution in [0.25, 0.3) is 5.82 Å². The van der Waals surface area contributed by atoms with Crippen LogP contribution in [0.1, 0.15) is 29.6 Å². The lowest BCUT2D eigenvalue weighted by Crippen LogP contribution is -2.28. The molecule has 0 spiro atoms. The van der Waals surface area contributed by atoms with Crippen molar-refractivity contribution in [2.45, 2.75) is 25.3 Å². The van der Waals surface area contributed by atoms with Gasteiger partial charge in [0.2, 0.25) is 0 Å². The summed E-state index contributed by atoms with van der Waals surface area (Å²) in [6, 6.07) is 0.318. The van der Waals surface area contributed by atoms with E-state index in [0.717, 1.165) is 12.8 Å². The molecule has 2 aromatic heterocycles. The first-order valence-electron chi connectivity index (χ1n) is 6.70. The van der Waals surface area contributed by atoms with Gasteiger partial charge in [-0.05, 0) is 19.3 Å². The first kappa shape index (κ1) is 13.3. The van der Waals surface area contributed by atoms with E-state index in [1.165, 1.54) is 30.6 Å². The maximum atomic E-state index is 12.0. The minimum atomic E-state index is -0.524.